The average molecular weight is 317 g/mol. The molecule has 1 aromatic carbocycles. The summed E-state index contributed by atoms with van der Waals surface area (Å²) in [5, 5.41) is 18.2. The molecule has 2 aliphatic heterocycles. The zero-order valence-electron chi connectivity index (χ0n) is 12.6. The lowest BCUT2D eigenvalue weighted by Crippen LogP contribution is -2.47. The molecule has 7 heteroatoms. The molecule has 2 heterocycles. The molecule has 23 heavy (non-hydrogen) atoms. The largest absolute Gasteiger partial charge is 0.465 e. The van der Waals surface area contributed by atoms with Gasteiger partial charge < -0.3 is 14.9 Å². The molecule has 1 unspecified atom stereocenters. The van der Waals surface area contributed by atoms with Crippen LogP contribution in [-0.4, -0.2) is 46.0 Å². The number of piperidine rings is 1. The Kier molecular flexibility index (Phi) is 3.68. The highest BCUT2D eigenvalue weighted by Crippen LogP contribution is 2.39. The number of fused-ring (bicyclic) bond motifs is 1. The molecular formula is C16H16FN3O3. The third kappa shape index (κ3) is 2.40. The van der Waals surface area contributed by atoms with Crippen molar-refractivity contribution in [2.45, 2.75) is 31.8 Å². The first kappa shape index (κ1) is 15.3. The van der Waals surface area contributed by atoms with Crippen LogP contribution in [0.25, 0.3) is 0 Å². The number of nitriles is 1. The van der Waals surface area contributed by atoms with Crippen molar-refractivity contribution >= 4 is 12.0 Å². The standard InChI is InChI=1S/C16H16FN3O3/c1-9-13-7-11(17)6-10(8-18)14(13)15(21)20(9)12-2-4-19(5-3-12)16(22)23/h6-7,9,12H,2-5H2,1H3,(H,22,23). The van der Waals surface area contributed by atoms with E-state index in [0.717, 1.165) is 6.07 Å². The minimum Gasteiger partial charge on any atom is -0.465 e. The molecule has 1 N–H and O–H groups in total. The molecule has 120 valence electrons. The van der Waals surface area contributed by atoms with Crippen molar-refractivity contribution in [1.82, 2.24) is 9.80 Å². The van der Waals surface area contributed by atoms with Gasteiger partial charge in [-0.1, -0.05) is 0 Å². The highest BCUT2D eigenvalue weighted by molar-refractivity contribution is 6.01. The molecule has 0 aliphatic carbocycles. The summed E-state index contributed by atoms with van der Waals surface area (Å²) < 4.78 is 13.7. The number of carbonyl (C=O) groups excluding carboxylic acids is 1. The number of rotatable bonds is 1. The molecule has 1 aromatic rings. The van der Waals surface area contributed by atoms with E-state index in [4.69, 9.17) is 10.4 Å². The normalized spacial score (nSPS) is 21.3. The topological polar surface area (TPSA) is 84.6 Å². The van der Waals surface area contributed by atoms with Crippen molar-refractivity contribution in [2.24, 2.45) is 0 Å². The van der Waals surface area contributed by atoms with E-state index in [2.05, 4.69) is 0 Å². The van der Waals surface area contributed by atoms with Crippen LogP contribution in [-0.2, 0) is 0 Å². The Hall–Kier alpha value is -2.62. The summed E-state index contributed by atoms with van der Waals surface area (Å²) in [6.45, 7) is 2.55. The van der Waals surface area contributed by atoms with Gasteiger partial charge in [0.2, 0.25) is 0 Å². The zero-order valence-corrected chi connectivity index (χ0v) is 12.6. The average Bonchev–Trinajstić information content (AvgIpc) is 2.78. The van der Waals surface area contributed by atoms with Crippen LogP contribution in [0.15, 0.2) is 12.1 Å². The number of hydrogen-bond acceptors (Lipinski definition) is 3. The minimum absolute atomic E-state index is 0.0577. The monoisotopic (exact) mass is 317 g/mol. The molecule has 3 rings (SSSR count). The number of hydrogen-bond donors (Lipinski definition) is 1. The lowest BCUT2D eigenvalue weighted by Gasteiger charge is -2.37. The van der Waals surface area contributed by atoms with Crippen molar-refractivity contribution in [3.05, 3.63) is 34.6 Å². The highest BCUT2D eigenvalue weighted by atomic mass is 19.1. The molecule has 0 spiro atoms. The second kappa shape index (κ2) is 5.54. The molecule has 2 aliphatic rings. The molecule has 1 fully saturated rings. The number of amides is 2. The molecule has 1 atom stereocenters. The first-order valence-electron chi connectivity index (χ1n) is 7.48. The van der Waals surface area contributed by atoms with E-state index < -0.39 is 11.9 Å². The lowest BCUT2D eigenvalue weighted by molar-refractivity contribution is 0.0522. The Morgan fingerprint density at radius 3 is 2.61 bits per heavy atom. The van der Waals surface area contributed by atoms with Crippen LogP contribution in [0.3, 0.4) is 0 Å². The van der Waals surface area contributed by atoms with Gasteiger partial charge in [0, 0.05) is 19.1 Å². The second-order valence-corrected chi connectivity index (χ2v) is 5.92. The summed E-state index contributed by atoms with van der Waals surface area (Å²) in [6.07, 6.45) is 0.128. The van der Waals surface area contributed by atoms with Crippen molar-refractivity contribution in [1.29, 1.82) is 5.26 Å². The van der Waals surface area contributed by atoms with Gasteiger partial charge in [-0.3, -0.25) is 4.79 Å². The Morgan fingerprint density at radius 2 is 2.04 bits per heavy atom. The van der Waals surface area contributed by atoms with Crippen LogP contribution in [0, 0.1) is 17.1 Å². The van der Waals surface area contributed by atoms with Gasteiger partial charge in [0.25, 0.3) is 5.91 Å². The Morgan fingerprint density at radius 1 is 1.39 bits per heavy atom. The van der Waals surface area contributed by atoms with Crippen molar-refractivity contribution < 1.29 is 19.1 Å². The maximum atomic E-state index is 13.7. The molecule has 0 bridgehead atoms. The molecule has 0 radical (unpaired) electrons. The fraction of sp³-hybridized carbons (Fsp3) is 0.438. The van der Waals surface area contributed by atoms with Gasteiger partial charge in [-0.15, -0.1) is 0 Å². The van der Waals surface area contributed by atoms with E-state index >= 15 is 0 Å². The van der Waals surface area contributed by atoms with Crippen LogP contribution in [0.2, 0.25) is 0 Å². The summed E-state index contributed by atoms with van der Waals surface area (Å²) in [7, 11) is 0. The third-order valence-corrected chi connectivity index (χ3v) is 4.70. The Labute approximate surface area is 132 Å². The van der Waals surface area contributed by atoms with Crippen molar-refractivity contribution in [2.75, 3.05) is 13.1 Å². The fourth-order valence-corrected chi connectivity index (χ4v) is 3.56. The van der Waals surface area contributed by atoms with E-state index in [9.17, 15) is 14.0 Å². The molecular weight excluding hydrogens is 301 g/mol. The zero-order chi connectivity index (χ0) is 16.7. The number of nitrogens with zero attached hydrogens (tertiary/aromatic N) is 3. The number of benzene rings is 1. The van der Waals surface area contributed by atoms with Gasteiger partial charge >= 0.3 is 6.09 Å². The van der Waals surface area contributed by atoms with Gasteiger partial charge in [-0.05, 0) is 37.5 Å². The van der Waals surface area contributed by atoms with Gasteiger partial charge in [-0.2, -0.15) is 5.26 Å². The first-order valence-corrected chi connectivity index (χ1v) is 7.48. The summed E-state index contributed by atoms with van der Waals surface area (Å²) in [4.78, 5) is 26.7. The summed E-state index contributed by atoms with van der Waals surface area (Å²) in [6, 6.07) is 3.87. The predicted molar refractivity (Wildman–Crippen MR) is 78.3 cm³/mol. The van der Waals surface area contributed by atoms with Crippen LogP contribution in [0.4, 0.5) is 9.18 Å². The van der Waals surface area contributed by atoms with E-state index in [0.29, 0.717) is 31.5 Å². The first-order chi connectivity index (χ1) is 10.9. The molecule has 2 amide bonds. The quantitative estimate of drug-likeness (QED) is 0.861. The van der Waals surface area contributed by atoms with E-state index in [1.54, 1.807) is 4.90 Å². The maximum Gasteiger partial charge on any atom is 0.407 e. The smallest absolute Gasteiger partial charge is 0.407 e. The SMILES string of the molecule is CC1c2cc(F)cc(C#N)c2C(=O)N1C1CCN(C(=O)O)CC1. The number of carboxylic acid groups (broad SMARTS) is 1. The minimum atomic E-state index is -0.957. The summed E-state index contributed by atoms with van der Waals surface area (Å²) >= 11 is 0. The molecule has 6 nitrogen and oxygen atoms in total. The van der Waals surface area contributed by atoms with E-state index in [-0.39, 0.29) is 29.1 Å². The van der Waals surface area contributed by atoms with Crippen molar-refractivity contribution in [3.63, 3.8) is 0 Å². The second-order valence-electron chi connectivity index (χ2n) is 5.92. The fourth-order valence-electron chi connectivity index (χ4n) is 3.56. The maximum absolute atomic E-state index is 13.7. The predicted octanol–water partition coefficient (Wildman–Crippen LogP) is 2.36. The van der Waals surface area contributed by atoms with Crippen LogP contribution >= 0.6 is 0 Å². The summed E-state index contributed by atoms with van der Waals surface area (Å²) in [5.74, 6) is -0.791. The Bertz CT molecular complexity index is 720. The Balaban J connectivity index is 1.88. The van der Waals surface area contributed by atoms with Crippen LogP contribution < -0.4 is 0 Å². The van der Waals surface area contributed by atoms with E-state index in [1.807, 2.05) is 13.0 Å². The number of halogens is 1. The molecule has 1 saturated heterocycles. The number of carbonyl (C=O) groups is 2. The third-order valence-electron chi connectivity index (χ3n) is 4.70. The van der Waals surface area contributed by atoms with E-state index in [1.165, 1.54) is 11.0 Å². The lowest BCUT2D eigenvalue weighted by atomic mass is 10.00. The molecule has 0 aromatic heterocycles. The van der Waals surface area contributed by atoms with Crippen molar-refractivity contribution in [3.8, 4) is 6.07 Å². The number of likely N-dealkylation sites (tertiary alicyclic amines) is 1. The molecule has 0 saturated carbocycles. The van der Waals surface area contributed by atoms with Gasteiger partial charge in [-0.25, -0.2) is 9.18 Å². The van der Waals surface area contributed by atoms with Gasteiger partial charge in [0.05, 0.1) is 17.2 Å². The van der Waals surface area contributed by atoms with Crippen LogP contribution in [0.5, 0.6) is 0 Å². The van der Waals surface area contributed by atoms with Gasteiger partial charge in [0.15, 0.2) is 0 Å². The van der Waals surface area contributed by atoms with Crippen LogP contribution in [0.1, 0.15) is 47.3 Å². The summed E-state index contributed by atoms with van der Waals surface area (Å²) in [5.41, 5.74) is 0.872. The highest BCUT2D eigenvalue weighted by Gasteiger charge is 2.41. The van der Waals surface area contributed by atoms with Gasteiger partial charge in [0.1, 0.15) is 11.9 Å².